The molecule has 4 heteroatoms. The summed E-state index contributed by atoms with van der Waals surface area (Å²) in [6.45, 7) is 3.49. The average molecular weight is 232 g/mol. The predicted molar refractivity (Wildman–Crippen MR) is 60.1 cm³/mol. The van der Waals surface area contributed by atoms with Crippen LogP contribution in [0, 0.1) is 6.92 Å². The van der Waals surface area contributed by atoms with Gasteiger partial charge in [-0.1, -0.05) is 23.7 Å². The summed E-state index contributed by atoms with van der Waals surface area (Å²) in [7, 11) is 0. The van der Waals surface area contributed by atoms with E-state index < -0.39 is 5.38 Å². The van der Waals surface area contributed by atoms with Crippen molar-refractivity contribution >= 4 is 34.8 Å². The predicted octanol–water partition coefficient (Wildman–Crippen LogP) is 3.21. The Morgan fingerprint density at radius 1 is 1.50 bits per heavy atom. The number of hydrogen-bond donors (Lipinski definition) is 1. The monoisotopic (exact) mass is 231 g/mol. The Labute approximate surface area is 93.2 Å². The topological polar surface area (TPSA) is 29.1 Å². The van der Waals surface area contributed by atoms with E-state index in [4.69, 9.17) is 23.2 Å². The summed E-state index contributed by atoms with van der Waals surface area (Å²) >= 11 is 11.5. The molecule has 76 valence electrons. The van der Waals surface area contributed by atoms with Crippen molar-refractivity contribution in [1.82, 2.24) is 0 Å². The maximum Gasteiger partial charge on any atom is 0.242 e. The Morgan fingerprint density at radius 3 is 2.64 bits per heavy atom. The Balaban J connectivity index is 2.91. The summed E-state index contributed by atoms with van der Waals surface area (Å²) in [5.74, 6) is -0.247. The van der Waals surface area contributed by atoms with Crippen LogP contribution in [-0.4, -0.2) is 11.3 Å². The second-order valence-electron chi connectivity index (χ2n) is 3.04. The van der Waals surface area contributed by atoms with E-state index in [-0.39, 0.29) is 5.91 Å². The van der Waals surface area contributed by atoms with Gasteiger partial charge in [0.15, 0.2) is 0 Å². The van der Waals surface area contributed by atoms with Crippen LogP contribution in [0.1, 0.15) is 12.5 Å². The molecule has 0 aliphatic heterocycles. The lowest BCUT2D eigenvalue weighted by Gasteiger charge is -2.10. The van der Waals surface area contributed by atoms with E-state index in [9.17, 15) is 4.79 Å². The van der Waals surface area contributed by atoms with Crippen molar-refractivity contribution in [1.29, 1.82) is 0 Å². The Bertz CT molecular complexity index is 330. The highest BCUT2D eigenvalue weighted by atomic mass is 35.5. The summed E-state index contributed by atoms with van der Waals surface area (Å²) in [6, 6.07) is 5.43. The number of aryl methyl sites for hydroxylation is 1. The minimum Gasteiger partial charge on any atom is -0.323 e. The molecule has 1 amide bonds. The van der Waals surface area contributed by atoms with Crippen molar-refractivity contribution < 1.29 is 4.79 Å². The highest BCUT2D eigenvalue weighted by Gasteiger charge is 2.12. The van der Waals surface area contributed by atoms with Crippen LogP contribution in [0.15, 0.2) is 18.2 Å². The molecule has 0 aliphatic rings. The van der Waals surface area contributed by atoms with Gasteiger partial charge in [-0.15, -0.1) is 11.6 Å². The third-order valence-corrected chi connectivity index (χ3v) is 2.34. The van der Waals surface area contributed by atoms with Gasteiger partial charge in [0.1, 0.15) is 5.38 Å². The van der Waals surface area contributed by atoms with Crippen LogP contribution in [0.25, 0.3) is 0 Å². The van der Waals surface area contributed by atoms with E-state index in [1.807, 2.05) is 19.1 Å². The molecule has 0 aromatic heterocycles. The average Bonchev–Trinajstić information content (AvgIpc) is 2.11. The van der Waals surface area contributed by atoms with Gasteiger partial charge in [0.2, 0.25) is 5.91 Å². The highest BCUT2D eigenvalue weighted by molar-refractivity contribution is 6.35. The molecule has 1 atom stereocenters. The fourth-order valence-electron chi connectivity index (χ4n) is 1.01. The van der Waals surface area contributed by atoms with Gasteiger partial charge in [0, 0.05) is 0 Å². The summed E-state index contributed by atoms with van der Waals surface area (Å²) < 4.78 is 0. The van der Waals surface area contributed by atoms with Gasteiger partial charge in [0.05, 0.1) is 10.7 Å². The van der Waals surface area contributed by atoms with Crippen molar-refractivity contribution in [2.75, 3.05) is 5.32 Å². The first kappa shape index (κ1) is 11.3. The number of halogens is 2. The van der Waals surface area contributed by atoms with Gasteiger partial charge in [-0.05, 0) is 25.5 Å². The number of benzene rings is 1. The number of rotatable bonds is 2. The zero-order valence-electron chi connectivity index (χ0n) is 7.97. The van der Waals surface area contributed by atoms with E-state index in [2.05, 4.69) is 5.32 Å². The van der Waals surface area contributed by atoms with E-state index in [0.29, 0.717) is 10.7 Å². The summed E-state index contributed by atoms with van der Waals surface area (Å²) in [5.41, 5.74) is 1.55. The zero-order valence-corrected chi connectivity index (χ0v) is 9.49. The van der Waals surface area contributed by atoms with Crippen LogP contribution < -0.4 is 5.32 Å². The summed E-state index contributed by atoms with van der Waals surface area (Å²) in [5, 5.41) is 2.63. The van der Waals surface area contributed by atoms with Gasteiger partial charge in [-0.2, -0.15) is 0 Å². The van der Waals surface area contributed by atoms with Crippen LogP contribution in [0.4, 0.5) is 5.69 Å². The van der Waals surface area contributed by atoms with Crippen molar-refractivity contribution in [2.24, 2.45) is 0 Å². The number of anilines is 1. The summed E-state index contributed by atoms with van der Waals surface area (Å²) in [6.07, 6.45) is 0. The zero-order chi connectivity index (χ0) is 10.7. The van der Waals surface area contributed by atoms with Crippen molar-refractivity contribution in [3.8, 4) is 0 Å². The molecule has 0 unspecified atom stereocenters. The first-order valence-electron chi connectivity index (χ1n) is 4.22. The maximum absolute atomic E-state index is 11.3. The van der Waals surface area contributed by atoms with Crippen molar-refractivity contribution in [2.45, 2.75) is 19.2 Å². The van der Waals surface area contributed by atoms with Gasteiger partial charge >= 0.3 is 0 Å². The van der Waals surface area contributed by atoms with Crippen LogP contribution >= 0.6 is 23.2 Å². The number of para-hydroxylation sites is 1. The molecule has 0 bridgehead atoms. The molecule has 1 rings (SSSR count). The molecule has 1 N–H and O–H groups in total. The lowest BCUT2D eigenvalue weighted by molar-refractivity contribution is -0.115. The second kappa shape index (κ2) is 4.67. The smallest absolute Gasteiger partial charge is 0.242 e. The van der Waals surface area contributed by atoms with E-state index in [0.717, 1.165) is 5.56 Å². The third kappa shape index (κ3) is 2.63. The molecule has 0 radical (unpaired) electrons. The molecule has 0 heterocycles. The molecule has 14 heavy (non-hydrogen) atoms. The van der Waals surface area contributed by atoms with Crippen LogP contribution in [-0.2, 0) is 4.79 Å². The molecule has 1 aromatic carbocycles. The Kier molecular flexibility index (Phi) is 3.78. The Morgan fingerprint density at radius 2 is 2.14 bits per heavy atom. The van der Waals surface area contributed by atoms with Gasteiger partial charge in [-0.3, -0.25) is 4.79 Å². The number of nitrogens with one attached hydrogen (secondary N) is 1. The Hall–Kier alpha value is -0.730. The van der Waals surface area contributed by atoms with Crippen molar-refractivity contribution in [3.63, 3.8) is 0 Å². The van der Waals surface area contributed by atoms with Crippen LogP contribution in [0.2, 0.25) is 5.02 Å². The third-order valence-electron chi connectivity index (χ3n) is 1.83. The molecule has 0 spiro atoms. The van der Waals surface area contributed by atoms with Crippen LogP contribution in [0.5, 0.6) is 0 Å². The number of amides is 1. The maximum atomic E-state index is 11.3. The quantitative estimate of drug-likeness (QED) is 0.779. The minimum absolute atomic E-state index is 0.247. The number of carbonyl (C=O) groups excluding carboxylic acids is 1. The first-order chi connectivity index (χ1) is 6.52. The molecule has 0 saturated carbocycles. The molecule has 0 aliphatic carbocycles. The first-order valence-corrected chi connectivity index (χ1v) is 5.04. The second-order valence-corrected chi connectivity index (χ2v) is 4.10. The highest BCUT2D eigenvalue weighted by Crippen LogP contribution is 2.25. The molecule has 0 fully saturated rings. The number of carbonyl (C=O) groups is 1. The molecular weight excluding hydrogens is 221 g/mol. The van der Waals surface area contributed by atoms with Crippen molar-refractivity contribution in [3.05, 3.63) is 28.8 Å². The molecular formula is C10H11Cl2NO. The van der Waals surface area contributed by atoms with E-state index in [1.54, 1.807) is 13.0 Å². The van der Waals surface area contributed by atoms with E-state index in [1.165, 1.54) is 0 Å². The molecule has 0 saturated heterocycles. The molecule has 1 aromatic rings. The standard InChI is InChI=1S/C10H11Cl2NO/c1-6-4-3-5-8(12)9(6)13-10(14)7(2)11/h3-5,7H,1-2H3,(H,13,14)/t7-/m1/s1. The van der Waals surface area contributed by atoms with Gasteiger partial charge < -0.3 is 5.32 Å². The largest absolute Gasteiger partial charge is 0.323 e. The molecule has 2 nitrogen and oxygen atoms in total. The van der Waals surface area contributed by atoms with Gasteiger partial charge in [0.25, 0.3) is 0 Å². The van der Waals surface area contributed by atoms with Gasteiger partial charge in [-0.25, -0.2) is 0 Å². The number of hydrogen-bond acceptors (Lipinski definition) is 1. The van der Waals surface area contributed by atoms with E-state index >= 15 is 0 Å². The normalized spacial score (nSPS) is 12.3. The fourth-order valence-corrected chi connectivity index (χ4v) is 1.34. The lowest BCUT2D eigenvalue weighted by atomic mass is 10.2. The fraction of sp³-hybridized carbons (Fsp3) is 0.300. The van der Waals surface area contributed by atoms with Crippen LogP contribution in [0.3, 0.4) is 0 Å². The lowest BCUT2D eigenvalue weighted by Crippen LogP contribution is -2.21. The number of alkyl halides is 1. The summed E-state index contributed by atoms with van der Waals surface area (Å²) in [4.78, 5) is 11.3. The minimum atomic E-state index is -0.564. The SMILES string of the molecule is Cc1cccc(Cl)c1NC(=O)[C@@H](C)Cl.